The molecule has 0 spiro atoms. The number of thiocarbonyl (C=S) groups is 1. The first-order valence-corrected chi connectivity index (χ1v) is 6.60. The third-order valence-corrected chi connectivity index (χ3v) is 3.22. The number of rotatable bonds is 4. The summed E-state index contributed by atoms with van der Waals surface area (Å²) in [5.74, 6) is -1.24. The zero-order chi connectivity index (χ0) is 15.6. The van der Waals surface area contributed by atoms with Gasteiger partial charge in [-0.2, -0.15) is 0 Å². The summed E-state index contributed by atoms with van der Waals surface area (Å²) in [5, 5.41) is 3.03. The lowest BCUT2D eigenvalue weighted by atomic mass is 10.1. The summed E-state index contributed by atoms with van der Waals surface area (Å²) in [6, 6.07) is 6.81. The first-order valence-electron chi connectivity index (χ1n) is 5.81. The van der Waals surface area contributed by atoms with Crippen molar-refractivity contribution in [2.75, 3.05) is 12.4 Å². The minimum Gasteiger partial charge on any atom is -0.495 e. The van der Waals surface area contributed by atoms with Crippen LogP contribution in [0.2, 0.25) is 5.02 Å². The van der Waals surface area contributed by atoms with E-state index in [1.807, 2.05) is 0 Å². The van der Waals surface area contributed by atoms with Gasteiger partial charge in [0.2, 0.25) is 0 Å². The number of methoxy groups -OCH3 is 1. The lowest BCUT2D eigenvalue weighted by molar-refractivity contribution is 0.416. The van der Waals surface area contributed by atoms with Gasteiger partial charge in [0.25, 0.3) is 0 Å². The Labute approximate surface area is 130 Å². The highest BCUT2D eigenvalue weighted by Crippen LogP contribution is 2.32. The quantitative estimate of drug-likeness (QED) is 0.833. The highest BCUT2D eigenvalue weighted by Gasteiger charge is 2.14. The second-order valence-electron chi connectivity index (χ2n) is 4.15. The van der Waals surface area contributed by atoms with E-state index in [0.29, 0.717) is 16.5 Å². The van der Waals surface area contributed by atoms with E-state index in [9.17, 15) is 8.78 Å². The van der Waals surface area contributed by atoms with Crippen LogP contribution in [0.15, 0.2) is 30.3 Å². The van der Waals surface area contributed by atoms with Gasteiger partial charge in [0.05, 0.1) is 12.8 Å². The molecule has 21 heavy (non-hydrogen) atoms. The Morgan fingerprint density at radius 1 is 1.24 bits per heavy atom. The Bertz CT molecular complexity index is 686. The van der Waals surface area contributed by atoms with Gasteiger partial charge < -0.3 is 15.8 Å². The van der Waals surface area contributed by atoms with Crippen LogP contribution in [0.1, 0.15) is 5.56 Å². The summed E-state index contributed by atoms with van der Waals surface area (Å²) in [5.41, 5.74) is 5.48. The fraction of sp³-hybridized carbons (Fsp3) is 0.0714. The van der Waals surface area contributed by atoms with Crippen molar-refractivity contribution in [3.8, 4) is 5.75 Å². The minimum absolute atomic E-state index is 0.0836. The van der Waals surface area contributed by atoms with Crippen molar-refractivity contribution in [2.24, 2.45) is 5.73 Å². The zero-order valence-corrected chi connectivity index (χ0v) is 12.5. The largest absolute Gasteiger partial charge is 0.495 e. The second-order valence-corrected chi connectivity index (χ2v) is 5.03. The Morgan fingerprint density at radius 2 is 1.86 bits per heavy atom. The van der Waals surface area contributed by atoms with Crippen molar-refractivity contribution >= 4 is 40.2 Å². The molecule has 0 heterocycles. The van der Waals surface area contributed by atoms with Crippen LogP contribution in [0.3, 0.4) is 0 Å². The van der Waals surface area contributed by atoms with Crippen LogP contribution in [0, 0.1) is 11.6 Å². The molecule has 0 unspecified atom stereocenters. The van der Waals surface area contributed by atoms with Gasteiger partial charge in [-0.1, -0.05) is 23.8 Å². The first kappa shape index (κ1) is 15.5. The Morgan fingerprint density at radius 3 is 2.38 bits per heavy atom. The number of nitrogens with one attached hydrogen (secondary N) is 1. The van der Waals surface area contributed by atoms with Crippen molar-refractivity contribution in [3.05, 3.63) is 52.6 Å². The maximum Gasteiger partial charge on any atom is 0.150 e. The molecule has 3 nitrogen and oxygen atoms in total. The molecule has 0 fully saturated rings. The molecule has 7 heteroatoms. The lowest BCUT2D eigenvalue weighted by Gasteiger charge is -2.13. The summed E-state index contributed by atoms with van der Waals surface area (Å²) >= 11 is 10.6. The van der Waals surface area contributed by atoms with E-state index in [-0.39, 0.29) is 16.2 Å². The van der Waals surface area contributed by atoms with E-state index < -0.39 is 11.6 Å². The third kappa shape index (κ3) is 3.40. The van der Waals surface area contributed by atoms with Crippen LogP contribution >= 0.6 is 23.8 Å². The predicted molar refractivity (Wildman–Crippen MR) is 83.5 cm³/mol. The van der Waals surface area contributed by atoms with Crippen LogP contribution in [0.5, 0.6) is 5.75 Å². The standard InChI is InChI=1S/C14H11ClF2N2OS/c1-20-12-3-2-8(15)6-11(12)19-13-9(16)4-7(14(18)21)5-10(13)17/h2-6,19H,1H3,(H2,18,21). The number of hydrogen-bond acceptors (Lipinski definition) is 3. The van der Waals surface area contributed by atoms with Crippen molar-refractivity contribution < 1.29 is 13.5 Å². The third-order valence-electron chi connectivity index (χ3n) is 2.75. The van der Waals surface area contributed by atoms with Crippen LogP contribution in [0.4, 0.5) is 20.2 Å². The molecule has 110 valence electrons. The average molecular weight is 329 g/mol. The lowest BCUT2D eigenvalue weighted by Crippen LogP contribution is -2.11. The molecule has 2 aromatic carbocycles. The molecular formula is C14H11ClF2N2OS. The van der Waals surface area contributed by atoms with Gasteiger partial charge in [-0.05, 0) is 30.3 Å². The number of hydrogen-bond donors (Lipinski definition) is 2. The molecule has 0 bridgehead atoms. The van der Waals surface area contributed by atoms with E-state index in [2.05, 4.69) is 5.32 Å². The SMILES string of the molecule is COc1ccc(Cl)cc1Nc1c(F)cc(C(N)=S)cc1F. The van der Waals surface area contributed by atoms with Gasteiger partial charge in [0.15, 0.2) is 0 Å². The number of halogens is 3. The topological polar surface area (TPSA) is 47.3 Å². The number of nitrogens with two attached hydrogens (primary N) is 1. The minimum atomic E-state index is -0.820. The van der Waals surface area contributed by atoms with Gasteiger partial charge in [-0.3, -0.25) is 0 Å². The van der Waals surface area contributed by atoms with Gasteiger partial charge in [0, 0.05) is 10.6 Å². The molecule has 0 radical (unpaired) electrons. The van der Waals surface area contributed by atoms with Crippen LogP contribution < -0.4 is 15.8 Å². The molecule has 0 amide bonds. The first-order chi connectivity index (χ1) is 9.92. The molecule has 3 N–H and O–H groups in total. The van der Waals surface area contributed by atoms with E-state index in [0.717, 1.165) is 12.1 Å². The molecule has 0 aliphatic rings. The highest BCUT2D eigenvalue weighted by molar-refractivity contribution is 7.80. The molecule has 0 saturated carbocycles. The normalized spacial score (nSPS) is 10.3. The predicted octanol–water partition coefficient (Wildman–Crippen LogP) is 4.00. The van der Waals surface area contributed by atoms with Gasteiger partial charge in [0.1, 0.15) is 28.1 Å². The molecule has 2 aromatic rings. The van der Waals surface area contributed by atoms with E-state index in [4.69, 9.17) is 34.3 Å². The van der Waals surface area contributed by atoms with Crippen LogP contribution in [0.25, 0.3) is 0 Å². The fourth-order valence-electron chi connectivity index (χ4n) is 1.75. The Kier molecular flexibility index (Phi) is 4.59. The second kappa shape index (κ2) is 6.24. The van der Waals surface area contributed by atoms with Crippen molar-refractivity contribution in [1.82, 2.24) is 0 Å². The zero-order valence-electron chi connectivity index (χ0n) is 10.9. The summed E-state index contributed by atoms with van der Waals surface area (Å²) in [6.45, 7) is 0. The summed E-state index contributed by atoms with van der Waals surface area (Å²) in [7, 11) is 1.44. The summed E-state index contributed by atoms with van der Waals surface area (Å²) < 4.78 is 33.1. The molecule has 2 rings (SSSR count). The van der Waals surface area contributed by atoms with Gasteiger partial charge >= 0.3 is 0 Å². The van der Waals surface area contributed by atoms with E-state index in [1.54, 1.807) is 12.1 Å². The number of anilines is 2. The Hall–Kier alpha value is -1.92. The molecule has 0 aliphatic heterocycles. The molecule has 0 aromatic heterocycles. The molecule has 0 atom stereocenters. The maximum absolute atomic E-state index is 14.0. The summed E-state index contributed by atoms with van der Waals surface area (Å²) in [6.07, 6.45) is 0. The van der Waals surface area contributed by atoms with Crippen LogP contribution in [-0.2, 0) is 0 Å². The molecule has 0 aliphatic carbocycles. The fourth-order valence-corrected chi connectivity index (χ4v) is 2.04. The Balaban J connectivity index is 2.45. The maximum atomic E-state index is 14.0. The van der Waals surface area contributed by atoms with Gasteiger partial charge in [-0.25, -0.2) is 8.78 Å². The van der Waals surface area contributed by atoms with E-state index in [1.165, 1.54) is 13.2 Å². The van der Waals surface area contributed by atoms with Crippen LogP contribution in [-0.4, -0.2) is 12.1 Å². The number of ether oxygens (including phenoxy) is 1. The smallest absolute Gasteiger partial charge is 0.150 e. The molecular weight excluding hydrogens is 318 g/mol. The monoisotopic (exact) mass is 328 g/mol. The van der Waals surface area contributed by atoms with E-state index >= 15 is 0 Å². The number of benzene rings is 2. The van der Waals surface area contributed by atoms with Crippen molar-refractivity contribution in [1.29, 1.82) is 0 Å². The van der Waals surface area contributed by atoms with Crippen molar-refractivity contribution in [3.63, 3.8) is 0 Å². The van der Waals surface area contributed by atoms with Gasteiger partial charge in [-0.15, -0.1) is 0 Å². The molecule has 0 saturated heterocycles. The summed E-state index contributed by atoms with van der Waals surface area (Å²) in [4.78, 5) is -0.0836. The average Bonchev–Trinajstić information content (AvgIpc) is 2.42. The highest BCUT2D eigenvalue weighted by atomic mass is 35.5. The van der Waals surface area contributed by atoms with Crippen molar-refractivity contribution in [2.45, 2.75) is 0 Å².